The summed E-state index contributed by atoms with van der Waals surface area (Å²) in [6.45, 7) is 7.63. The second-order valence-corrected chi connectivity index (χ2v) is 4.44. The van der Waals surface area contributed by atoms with Crippen molar-refractivity contribution in [2.45, 2.75) is 19.9 Å². The SMILES string of the molecule is Cc1cccc(N2CCN(C)C[C@@H]2C)n1.N. The van der Waals surface area contributed by atoms with Crippen molar-refractivity contribution < 1.29 is 0 Å². The van der Waals surface area contributed by atoms with Crippen LogP contribution in [0.5, 0.6) is 0 Å². The minimum absolute atomic E-state index is 0. The second-order valence-electron chi connectivity index (χ2n) is 4.44. The fraction of sp³-hybridized carbons (Fsp3) is 0.583. The fourth-order valence-corrected chi connectivity index (χ4v) is 2.17. The number of nitrogens with zero attached hydrogens (tertiary/aromatic N) is 3. The molecule has 0 spiro atoms. The quantitative estimate of drug-likeness (QED) is 0.785. The lowest BCUT2D eigenvalue weighted by Crippen LogP contribution is -2.50. The van der Waals surface area contributed by atoms with Crippen LogP contribution in [0.4, 0.5) is 5.82 Å². The largest absolute Gasteiger partial charge is 0.351 e. The predicted octanol–water partition coefficient (Wildman–Crippen LogP) is 1.69. The van der Waals surface area contributed by atoms with Crippen LogP contribution in [0.15, 0.2) is 18.2 Å². The zero-order valence-electron chi connectivity index (χ0n) is 10.5. The van der Waals surface area contributed by atoms with Gasteiger partial charge in [-0.15, -0.1) is 0 Å². The van der Waals surface area contributed by atoms with E-state index in [9.17, 15) is 0 Å². The number of likely N-dealkylation sites (N-methyl/N-ethyl adjacent to an activating group) is 1. The summed E-state index contributed by atoms with van der Waals surface area (Å²) in [7, 11) is 2.18. The molecule has 2 heterocycles. The molecule has 0 amide bonds. The molecule has 0 radical (unpaired) electrons. The van der Waals surface area contributed by atoms with Crippen molar-refractivity contribution in [1.82, 2.24) is 16.0 Å². The summed E-state index contributed by atoms with van der Waals surface area (Å²) < 4.78 is 0. The van der Waals surface area contributed by atoms with Gasteiger partial charge in [0.15, 0.2) is 0 Å². The van der Waals surface area contributed by atoms with Crippen LogP contribution in [-0.4, -0.2) is 42.6 Å². The molecule has 90 valence electrons. The van der Waals surface area contributed by atoms with Crippen LogP contribution in [0.1, 0.15) is 12.6 Å². The molecule has 1 saturated heterocycles. The second kappa shape index (κ2) is 5.27. The van der Waals surface area contributed by atoms with Crippen LogP contribution >= 0.6 is 0 Å². The van der Waals surface area contributed by atoms with Crippen LogP contribution in [0.3, 0.4) is 0 Å². The normalized spacial score (nSPS) is 21.7. The fourth-order valence-electron chi connectivity index (χ4n) is 2.17. The first-order valence-corrected chi connectivity index (χ1v) is 5.55. The topological polar surface area (TPSA) is 54.4 Å². The Morgan fingerprint density at radius 1 is 1.31 bits per heavy atom. The number of hydrogen-bond acceptors (Lipinski definition) is 4. The van der Waals surface area contributed by atoms with E-state index in [0.717, 1.165) is 31.1 Å². The Kier molecular flexibility index (Phi) is 4.26. The Labute approximate surface area is 97.9 Å². The van der Waals surface area contributed by atoms with E-state index >= 15 is 0 Å². The van der Waals surface area contributed by atoms with Crippen LogP contribution in [0.25, 0.3) is 0 Å². The molecule has 0 aliphatic carbocycles. The summed E-state index contributed by atoms with van der Waals surface area (Å²) in [6, 6.07) is 6.79. The van der Waals surface area contributed by atoms with E-state index in [-0.39, 0.29) is 6.15 Å². The van der Waals surface area contributed by atoms with Crippen molar-refractivity contribution in [2.24, 2.45) is 0 Å². The summed E-state index contributed by atoms with van der Waals surface area (Å²) in [5.41, 5.74) is 1.10. The highest BCUT2D eigenvalue weighted by molar-refractivity contribution is 5.41. The Balaban J connectivity index is 0.00000128. The summed E-state index contributed by atoms with van der Waals surface area (Å²) >= 11 is 0. The molecular formula is C12H22N4. The van der Waals surface area contributed by atoms with Gasteiger partial charge in [-0.05, 0) is 33.0 Å². The maximum Gasteiger partial charge on any atom is 0.129 e. The first-order chi connectivity index (χ1) is 7.16. The zero-order valence-corrected chi connectivity index (χ0v) is 10.5. The molecule has 1 aromatic heterocycles. The van der Waals surface area contributed by atoms with Crippen molar-refractivity contribution in [2.75, 3.05) is 31.6 Å². The van der Waals surface area contributed by atoms with Gasteiger partial charge in [0, 0.05) is 31.4 Å². The molecule has 2 rings (SSSR count). The van der Waals surface area contributed by atoms with Crippen LogP contribution < -0.4 is 11.1 Å². The van der Waals surface area contributed by atoms with Gasteiger partial charge in [0.25, 0.3) is 0 Å². The highest BCUT2D eigenvalue weighted by Gasteiger charge is 2.22. The van der Waals surface area contributed by atoms with Gasteiger partial charge >= 0.3 is 0 Å². The van der Waals surface area contributed by atoms with E-state index in [2.05, 4.69) is 40.9 Å². The Hall–Kier alpha value is -1.13. The predicted molar refractivity (Wildman–Crippen MR) is 68.3 cm³/mol. The molecule has 1 fully saturated rings. The minimum atomic E-state index is 0. The Bertz CT molecular complexity index is 340. The molecule has 1 aliphatic rings. The lowest BCUT2D eigenvalue weighted by molar-refractivity contribution is 0.274. The highest BCUT2D eigenvalue weighted by Crippen LogP contribution is 2.17. The van der Waals surface area contributed by atoms with Crippen LogP contribution in [0, 0.1) is 6.92 Å². The molecule has 0 saturated carbocycles. The van der Waals surface area contributed by atoms with Gasteiger partial charge in [0.1, 0.15) is 5.82 Å². The Morgan fingerprint density at radius 3 is 2.69 bits per heavy atom. The third-order valence-electron chi connectivity index (χ3n) is 3.00. The Morgan fingerprint density at radius 2 is 2.06 bits per heavy atom. The number of aromatic nitrogens is 1. The standard InChI is InChI=1S/C12H19N3.H3N/c1-10-5-4-6-12(13-10)15-8-7-14(3)9-11(15)2;/h4-6,11H,7-9H2,1-3H3;1H3/t11-;/m0./s1. The molecular weight excluding hydrogens is 200 g/mol. The smallest absolute Gasteiger partial charge is 0.129 e. The number of anilines is 1. The molecule has 1 aliphatic heterocycles. The van der Waals surface area contributed by atoms with Crippen molar-refractivity contribution in [3.8, 4) is 0 Å². The maximum atomic E-state index is 4.58. The third-order valence-corrected chi connectivity index (χ3v) is 3.00. The van der Waals surface area contributed by atoms with Crippen molar-refractivity contribution in [3.63, 3.8) is 0 Å². The van der Waals surface area contributed by atoms with E-state index in [0.29, 0.717) is 6.04 Å². The number of hydrogen-bond donors (Lipinski definition) is 1. The van der Waals surface area contributed by atoms with Gasteiger partial charge < -0.3 is 16.0 Å². The van der Waals surface area contributed by atoms with Crippen molar-refractivity contribution in [3.05, 3.63) is 23.9 Å². The van der Waals surface area contributed by atoms with Crippen LogP contribution in [0.2, 0.25) is 0 Å². The first-order valence-electron chi connectivity index (χ1n) is 5.55. The van der Waals surface area contributed by atoms with Crippen LogP contribution in [-0.2, 0) is 0 Å². The molecule has 16 heavy (non-hydrogen) atoms. The molecule has 1 aromatic rings. The monoisotopic (exact) mass is 222 g/mol. The lowest BCUT2D eigenvalue weighted by atomic mass is 10.2. The average molecular weight is 222 g/mol. The molecule has 3 N–H and O–H groups in total. The zero-order chi connectivity index (χ0) is 10.8. The number of piperazine rings is 1. The first kappa shape index (κ1) is 12.9. The lowest BCUT2D eigenvalue weighted by Gasteiger charge is -2.39. The molecule has 0 bridgehead atoms. The summed E-state index contributed by atoms with van der Waals surface area (Å²) in [6.07, 6.45) is 0. The van der Waals surface area contributed by atoms with Gasteiger partial charge in [0.05, 0.1) is 0 Å². The molecule has 1 atom stereocenters. The summed E-state index contributed by atoms with van der Waals surface area (Å²) in [4.78, 5) is 9.35. The summed E-state index contributed by atoms with van der Waals surface area (Å²) in [5.74, 6) is 1.12. The molecule has 0 aromatic carbocycles. The molecule has 0 unspecified atom stereocenters. The van der Waals surface area contributed by atoms with Crippen molar-refractivity contribution >= 4 is 5.82 Å². The number of aryl methyl sites for hydroxylation is 1. The van der Waals surface area contributed by atoms with Gasteiger partial charge in [-0.3, -0.25) is 0 Å². The van der Waals surface area contributed by atoms with E-state index < -0.39 is 0 Å². The summed E-state index contributed by atoms with van der Waals surface area (Å²) in [5, 5.41) is 0. The number of rotatable bonds is 1. The van der Waals surface area contributed by atoms with Gasteiger partial charge in [0.2, 0.25) is 0 Å². The maximum absolute atomic E-state index is 4.58. The van der Waals surface area contributed by atoms with E-state index in [1.807, 2.05) is 13.0 Å². The van der Waals surface area contributed by atoms with E-state index in [1.54, 1.807) is 0 Å². The third kappa shape index (κ3) is 2.71. The van der Waals surface area contributed by atoms with Gasteiger partial charge in [-0.1, -0.05) is 6.07 Å². The average Bonchev–Trinajstić information content (AvgIpc) is 2.17. The van der Waals surface area contributed by atoms with E-state index in [1.165, 1.54) is 0 Å². The van der Waals surface area contributed by atoms with E-state index in [4.69, 9.17) is 0 Å². The van der Waals surface area contributed by atoms with Gasteiger partial charge in [-0.2, -0.15) is 0 Å². The minimum Gasteiger partial charge on any atom is -0.351 e. The van der Waals surface area contributed by atoms with Crippen molar-refractivity contribution in [1.29, 1.82) is 0 Å². The molecule has 4 heteroatoms. The highest BCUT2D eigenvalue weighted by atomic mass is 15.3. The number of pyridine rings is 1. The molecule has 4 nitrogen and oxygen atoms in total. The van der Waals surface area contributed by atoms with Gasteiger partial charge in [-0.25, -0.2) is 4.98 Å².